The fraction of sp³-hybridized carbons (Fsp3) is 0.545. The summed E-state index contributed by atoms with van der Waals surface area (Å²) in [5.74, 6) is 2.55. The second kappa shape index (κ2) is 5.43. The standard InChI is InChI=1S/C11H18N6S/c1-7(6-18-4)17(3)10-8-5-13-16-9(8)14-11(12-2)15-10/h5,7H,6H2,1-4H3,(H2,12,13,14,15,16). The Labute approximate surface area is 111 Å². The molecular weight excluding hydrogens is 248 g/mol. The van der Waals surface area contributed by atoms with Crippen molar-refractivity contribution in [3.05, 3.63) is 6.20 Å². The van der Waals surface area contributed by atoms with Gasteiger partial charge in [0.1, 0.15) is 5.82 Å². The number of nitrogens with one attached hydrogen (secondary N) is 2. The van der Waals surface area contributed by atoms with Crippen LogP contribution in [0.15, 0.2) is 6.20 Å². The lowest BCUT2D eigenvalue weighted by atomic mass is 10.3. The molecule has 2 N–H and O–H groups in total. The third-order valence-corrected chi connectivity index (χ3v) is 3.73. The van der Waals surface area contributed by atoms with Gasteiger partial charge in [-0.25, -0.2) is 0 Å². The van der Waals surface area contributed by atoms with E-state index < -0.39 is 0 Å². The lowest BCUT2D eigenvalue weighted by molar-refractivity contribution is 0.756. The van der Waals surface area contributed by atoms with E-state index in [9.17, 15) is 0 Å². The van der Waals surface area contributed by atoms with Crippen molar-refractivity contribution >= 4 is 34.6 Å². The minimum Gasteiger partial charge on any atom is -0.357 e. The lowest BCUT2D eigenvalue weighted by Gasteiger charge is -2.26. The van der Waals surface area contributed by atoms with E-state index in [0.29, 0.717) is 12.0 Å². The van der Waals surface area contributed by atoms with Crippen LogP contribution in [0.4, 0.5) is 11.8 Å². The van der Waals surface area contributed by atoms with E-state index in [0.717, 1.165) is 22.6 Å². The highest BCUT2D eigenvalue weighted by Crippen LogP contribution is 2.24. The Morgan fingerprint density at radius 2 is 2.28 bits per heavy atom. The van der Waals surface area contributed by atoms with Crippen molar-refractivity contribution in [3.63, 3.8) is 0 Å². The van der Waals surface area contributed by atoms with Gasteiger partial charge in [0.2, 0.25) is 5.95 Å². The lowest BCUT2D eigenvalue weighted by Crippen LogP contribution is -2.31. The summed E-state index contributed by atoms with van der Waals surface area (Å²) in [5, 5.41) is 10.8. The summed E-state index contributed by atoms with van der Waals surface area (Å²) in [6.45, 7) is 2.18. The van der Waals surface area contributed by atoms with E-state index in [1.54, 1.807) is 6.20 Å². The molecule has 0 aliphatic heterocycles. The highest BCUT2D eigenvalue weighted by Gasteiger charge is 2.16. The molecule has 2 aromatic heterocycles. The van der Waals surface area contributed by atoms with Crippen LogP contribution in [0.3, 0.4) is 0 Å². The van der Waals surface area contributed by atoms with Crippen LogP contribution in [0.5, 0.6) is 0 Å². The summed E-state index contributed by atoms with van der Waals surface area (Å²) in [5.41, 5.74) is 0.757. The molecule has 0 saturated carbocycles. The zero-order valence-electron chi connectivity index (χ0n) is 11.1. The average molecular weight is 266 g/mol. The second-order valence-electron chi connectivity index (χ2n) is 4.17. The number of H-pyrrole nitrogens is 1. The Morgan fingerprint density at radius 3 is 2.94 bits per heavy atom. The van der Waals surface area contributed by atoms with Crippen LogP contribution in [0.1, 0.15) is 6.92 Å². The first-order chi connectivity index (χ1) is 8.67. The van der Waals surface area contributed by atoms with Gasteiger partial charge >= 0.3 is 0 Å². The van der Waals surface area contributed by atoms with Crippen LogP contribution in [-0.4, -0.2) is 52.3 Å². The molecule has 0 saturated heterocycles. The van der Waals surface area contributed by atoms with E-state index >= 15 is 0 Å². The third-order valence-electron chi connectivity index (χ3n) is 2.92. The van der Waals surface area contributed by atoms with Crippen LogP contribution >= 0.6 is 11.8 Å². The Kier molecular flexibility index (Phi) is 3.90. The molecule has 0 amide bonds. The van der Waals surface area contributed by atoms with Gasteiger partial charge in [0, 0.05) is 25.9 Å². The summed E-state index contributed by atoms with van der Waals surface area (Å²) >= 11 is 1.83. The van der Waals surface area contributed by atoms with Gasteiger partial charge in [-0.3, -0.25) is 5.10 Å². The van der Waals surface area contributed by atoms with Crippen molar-refractivity contribution in [2.45, 2.75) is 13.0 Å². The number of rotatable bonds is 5. The number of aromatic amines is 1. The fourth-order valence-electron chi connectivity index (χ4n) is 1.76. The molecule has 0 fully saturated rings. The predicted molar refractivity (Wildman–Crippen MR) is 77.5 cm³/mol. The molecule has 0 aromatic carbocycles. The normalized spacial score (nSPS) is 12.7. The number of anilines is 2. The predicted octanol–water partition coefficient (Wildman–Crippen LogP) is 1.58. The minimum absolute atomic E-state index is 0.401. The van der Waals surface area contributed by atoms with E-state index in [1.807, 2.05) is 18.8 Å². The average Bonchev–Trinajstić information content (AvgIpc) is 2.84. The molecule has 6 nitrogen and oxygen atoms in total. The first-order valence-corrected chi connectivity index (χ1v) is 7.17. The minimum atomic E-state index is 0.401. The Hall–Kier alpha value is -1.50. The van der Waals surface area contributed by atoms with E-state index in [2.05, 4.69) is 50.6 Å². The van der Waals surface area contributed by atoms with Crippen molar-refractivity contribution in [2.75, 3.05) is 36.3 Å². The largest absolute Gasteiger partial charge is 0.357 e. The van der Waals surface area contributed by atoms with E-state index in [1.165, 1.54) is 0 Å². The van der Waals surface area contributed by atoms with E-state index in [4.69, 9.17) is 0 Å². The van der Waals surface area contributed by atoms with Crippen LogP contribution in [0.25, 0.3) is 11.0 Å². The summed E-state index contributed by atoms with van der Waals surface area (Å²) in [6, 6.07) is 0.401. The van der Waals surface area contributed by atoms with Crippen LogP contribution < -0.4 is 10.2 Å². The number of hydrogen-bond donors (Lipinski definition) is 2. The maximum absolute atomic E-state index is 4.53. The molecule has 0 spiro atoms. The monoisotopic (exact) mass is 266 g/mol. The smallest absolute Gasteiger partial charge is 0.226 e. The molecule has 0 aliphatic rings. The zero-order chi connectivity index (χ0) is 13.1. The molecule has 1 atom stereocenters. The van der Waals surface area contributed by atoms with Gasteiger partial charge in [0.15, 0.2) is 5.65 Å². The molecule has 18 heavy (non-hydrogen) atoms. The molecule has 2 heterocycles. The number of hydrogen-bond acceptors (Lipinski definition) is 6. The topological polar surface area (TPSA) is 69.7 Å². The van der Waals surface area contributed by atoms with Gasteiger partial charge in [-0.15, -0.1) is 0 Å². The van der Waals surface area contributed by atoms with Gasteiger partial charge in [0.05, 0.1) is 11.6 Å². The molecule has 7 heteroatoms. The molecule has 0 bridgehead atoms. The van der Waals surface area contributed by atoms with Crippen molar-refractivity contribution < 1.29 is 0 Å². The van der Waals surface area contributed by atoms with Crippen LogP contribution in [0.2, 0.25) is 0 Å². The van der Waals surface area contributed by atoms with Crippen molar-refractivity contribution in [1.29, 1.82) is 0 Å². The maximum atomic E-state index is 4.53. The van der Waals surface area contributed by atoms with Gasteiger partial charge in [-0.1, -0.05) is 0 Å². The molecule has 1 unspecified atom stereocenters. The number of nitrogens with zero attached hydrogens (tertiary/aromatic N) is 4. The van der Waals surface area contributed by atoms with Crippen molar-refractivity contribution in [3.8, 4) is 0 Å². The molecule has 2 rings (SSSR count). The number of fused-ring (bicyclic) bond motifs is 1. The summed E-state index contributed by atoms with van der Waals surface area (Å²) in [7, 11) is 3.86. The van der Waals surface area contributed by atoms with Gasteiger partial charge < -0.3 is 10.2 Å². The SMILES string of the molecule is CNc1nc(N(C)C(C)CSC)c2cn[nH]c2n1. The van der Waals surface area contributed by atoms with Crippen LogP contribution in [0, 0.1) is 0 Å². The first-order valence-electron chi connectivity index (χ1n) is 5.78. The zero-order valence-corrected chi connectivity index (χ0v) is 11.9. The van der Waals surface area contributed by atoms with Crippen molar-refractivity contribution in [2.24, 2.45) is 0 Å². The Morgan fingerprint density at radius 1 is 1.50 bits per heavy atom. The molecule has 98 valence electrons. The Balaban J connectivity index is 2.44. The summed E-state index contributed by atoms with van der Waals surface area (Å²) in [4.78, 5) is 11.0. The van der Waals surface area contributed by atoms with E-state index in [-0.39, 0.29) is 0 Å². The van der Waals surface area contributed by atoms with Crippen molar-refractivity contribution in [1.82, 2.24) is 20.2 Å². The van der Waals surface area contributed by atoms with Gasteiger partial charge in [-0.05, 0) is 13.2 Å². The second-order valence-corrected chi connectivity index (χ2v) is 5.08. The fourth-order valence-corrected chi connectivity index (χ4v) is 2.47. The number of aromatic nitrogens is 4. The highest BCUT2D eigenvalue weighted by molar-refractivity contribution is 7.98. The summed E-state index contributed by atoms with van der Waals surface area (Å²) in [6.07, 6.45) is 3.88. The molecule has 0 radical (unpaired) electrons. The quantitative estimate of drug-likeness (QED) is 0.856. The number of thioether (sulfide) groups is 1. The molecule has 0 aliphatic carbocycles. The summed E-state index contributed by atoms with van der Waals surface area (Å²) < 4.78 is 0. The van der Waals surface area contributed by atoms with Crippen LogP contribution in [-0.2, 0) is 0 Å². The maximum Gasteiger partial charge on any atom is 0.226 e. The molecule has 2 aromatic rings. The van der Waals surface area contributed by atoms with Gasteiger partial charge in [-0.2, -0.15) is 26.8 Å². The molecular formula is C11H18N6S. The third kappa shape index (κ3) is 2.35. The van der Waals surface area contributed by atoms with Gasteiger partial charge in [0.25, 0.3) is 0 Å². The Bertz CT molecular complexity index is 525. The first kappa shape index (κ1) is 12.9. The highest BCUT2D eigenvalue weighted by atomic mass is 32.2.